The molecule has 23 heavy (non-hydrogen) atoms. The van der Waals surface area contributed by atoms with Crippen LogP contribution >= 0.6 is 11.6 Å². The highest BCUT2D eigenvalue weighted by molar-refractivity contribution is 6.37. The normalized spacial score (nSPS) is 10.5. The smallest absolute Gasteiger partial charge is 0.360 e. The van der Waals surface area contributed by atoms with Crippen molar-refractivity contribution in [3.8, 4) is 5.75 Å². The maximum atomic E-state index is 12.0. The van der Waals surface area contributed by atoms with Crippen molar-refractivity contribution in [1.29, 1.82) is 0 Å². The SMILES string of the molecule is COC(=O)c1nc2ccccc2c(Cl)c1OCc1ccccc1. The second-order valence-corrected chi connectivity index (χ2v) is 5.26. The molecule has 0 saturated heterocycles. The topological polar surface area (TPSA) is 48.4 Å². The van der Waals surface area contributed by atoms with Crippen LogP contribution in [0.5, 0.6) is 5.75 Å². The quantitative estimate of drug-likeness (QED) is 0.672. The first-order valence-electron chi connectivity index (χ1n) is 7.04. The molecule has 0 N–H and O–H groups in total. The second kappa shape index (κ2) is 6.67. The number of fused-ring (bicyclic) bond motifs is 1. The molecule has 3 rings (SSSR count). The number of nitrogens with zero attached hydrogens (tertiary/aromatic N) is 1. The number of para-hydroxylation sites is 1. The molecule has 2 aromatic carbocycles. The Hall–Kier alpha value is -2.59. The van der Waals surface area contributed by atoms with Gasteiger partial charge in [-0.3, -0.25) is 0 Å². The zero-order valence-electron chi connectivity index (χ0n) is 12.5. The van der Waals surface area contributed by atoms with E-state index in [9.17, 15) is 4.79 Å². The van der Waals surface area contributed by atoms with Crippen LogP contribution in [0.3, 0.4) is 0 Å². The van der Waals surface area contributed by atoms with Gasteiger partial charge in [-0.1, -0.05) is 60.1 Å². The van der Waals surface area contributed by atoms with Gasteiger partial charge in [0.1, 0.15) is 6.61 Å². The van der Waals surface area contributed by atoms with Crippen molar-refractivity contribution in [2.75, 3.05) is 7.11 Å². The Balaban J connectivity index is 2.05. The fourth-order valence-electron chi connectivity index (χ4n) is 2.25. The Morgan fingerprint density at radius 2 is 1.78 bits per heavy atom. The van der Waals surface area contributed by atoms with Crippen molar-refractivity contribution in [2.24, 2.45) is 0 Å². The standard InChI is InChI=1S/C18H14ClNO3/c1-22-18(21)16-17(23-11-12-7-3-2-4-8-12)15(19)13-9-5-6-10-14(13)20-16/h2-10H,11H2,1H3. The fourth-order valence-corrected chi connectivity index (χ4v) is 2.55. The van der Waals surface area contributed by atoms with Crippen molar-refractivity contribution in [2.45, 2.75) is 6.61 Å². The monoisotopic (exact) mass is 327 g/mol. The highest BCUT2D eigenvalue weighted by Crippen LogP contribution is 2.35. The van der Waals surface area contributed by atoms with Crippen LogP contribution in [0.25, 0.3) is 10.9 Å². The van der Waals surface area contributed by atoms with E-state index in [-0.39, 0.29) is 18.1 Å². The molecular formula is C18H14ClNO3. The molecular weight excluding hydrogens is 314 g/mol. The van der Waals surface area contributed by atoms with Gasteiger partial charge in [0, 0.05) is 5.39 Å². The van der Waals surface area contributed by atoms with Crippen molar-refractivity contribution in [1.82, 2.24) is 4.98 Å². The predicted molar refractivity (Wildman–Crippen MR) is 88.9 cm³/mol. The van der Waals surface area contributed by atoms with E-state index in [1.54, 1.807) is 6.07 Å². The van der Waals surface area contributed by atoms with E-state index >= 15 is 0 Å². The maximum Gasteiger partial charge on any atom is 0.360 e. The van der Waals surface area contributed by atoms with Crippen LogP contribution in [-0.2, 0) is 11.3 Å². The largest absolute Gasteiger partial charge is 0.485 e. The molecule has 0 radical (unpaired) electrons. The van der Waals surface area contributed by atoms with Gasteiger partial charge in [0.05, 0.1) is 17.6 Å². The molecule has 0 aliphatic carbocycles. The second-order valence-electron chi connectivity index (χ2n) is 4.89. The molecule has 116 valence electrons. The zero-order chi connectivity index (χ0) is 16.2. The lowest BCUT2D eigenvalue weighted by atomic mass is 10.2. The first-order valence-corrected chi connectivity index (χ1v) is 7.42. The molecule has 0 saturated carbocycles. The highest BCUT2D eigenvalue weighted by Gasteiger charge is 2.21. The summed E-state index contributed by atoms with van der Waals surface area (Å²) in [6.07, 6.45) is 0. The summed E-state index contributed by atoms with van der Waals surface area (Å²) >= 11 is 6.44. The van der Waals surface area contributed by atoms with Crippen molar-refractivity contribution < 1.29 is 14.3 Å². The minimum atomic E-state index is -0.583. The first-order chi connectivity index (χ1) is 11.2. The van der Waals surface area contributed by atoms with Gasteiger partial charge >= 0.3 is 5.97 Å². The number of rotatable bonds is 4. The zero-order valence-corrected chi connectivity index (χ0v) is 13.2. The van der Waals surface area contributed by atoms with E-state index in [4.69, 9.17) is 21.1 Å². The van der Waals surface area contributed by atoms with Crippen LogP contribution in [0, 0.1) is 0 Å². The van der Waals surface area contributed by atoms with Gasteiger partial charge < -0.3 is 9.47 Å². The summed E-state index contributed by atoms with van der Waals surface area (Å²) in [5.41, 5.74) is 1.66. The van der Waals surface area contributed by atoms with Gasteiger partial charge in [-0.2, -0.15) is 0 Å². The summed E-state index contributed by atoms with van der Waals surface area (Å²) in [6.45, 7) is 0.282. The molecule has 1 heterocycles. The van der Waals surface area contributed by atoms with E-state index in [2.05, 4.69) is 4.98 Å². The van der Waals surface area contributed by atoms with Crippen molar-refractivity contribution in [3.05, 3.63) is 70.9 Å². The van der Waals surface area contributed by atoms with E-state index in [0.717, 1.165) is 10.9 Å². The number of benzene rings is 2. The number of hydrogen-bond donors (Lipinski definition) is 0. The number of halogens is 1. The molecule has 0 spiro atoms. The number of pyridine rings is 1. The average molecular weight is 328 g/mol. The summed E-state index contributed by atoms with van der Waals surface area (Å²) in [5.74, 6) is -0.346. The molecule has 4 nitrogen and oxygen atoms in total. The molecule has 0 unspecified atom stereocenters. The Labute approximate surface area is 138 Å². The fraction of sp³-hybridized carbons (Fsp3) is 0.111. The lowest BCUT2D eigenvalue weighted by molar-refractivity contribution is 0.0589. The number of carbonyl (C=O) groups is 1. The van der Waals surface area contributed by atoms with Gasteiger partial charge in [0.15, 0.2) is 11.4 Å². The Morgan fingerprint density at radius 3 is 2.52 bits per heavy atom. The summed E-state index contributed by atoms with van der Waals surface area (Å²) < 4.78 is 10.6. The highest BCUT2D eigenvalue weighted by atomic mass is 35.5. The lowest BCUT2D eigenvalue weighted by Crippen LogP contribution is -2.09. The Bertz CT molecular complexity index is 850. The van der Waals surface area contributed by atoms with Crippen LogP contribution in [0.2, 0.25) is 5.02 Å². The van der Waals surface area contributed by atoms with Crippen LogP contribution in [0.1, 0.15) is 16.1 Å². The summed E-state index contributed by atoms with van der Waals surface area (Å²) in [7, 11) is 1.30. The van der Waals surface area contributed by atoms with E-state index in [0.29, 0.717) is 10.5 Å². The van der Waals surface area contributed by atoms with Crippen LogP contribution < -0.4 is 4.74 Å². The maximum absolute atomic E-state index is 12.0. The third kappa shape index (κ3) is 3.12. The van der Waals surface area contributed by atoms with Gasteiger partial charge in [-0.25, -0.2) is 9.78 Å². The molecule has 0 fully saturated rings. The number of aromatic nitrogens is 1. The Kier molecular flexibility index (Phi) is 4.44. The van der Waals surface area contributed by atoms with Gasteiger partial charge in [0.2, 0.25) is 0 Å². The lowest BCUT2D eigenvalue weighted by Gasteiger charge is -2.13. The van der Waals surface area contributed by atoms with Crippen molar-refractivity contribution in [3.63, 3.8) is 0 Å². The summed E-state index contributed by atoms with van der Waals surface area (Å²) in [5, 5.41) is 1.08. The van der Waals surface area contributed by atoms with Gasteiger partial charge in [-0.05, 0) is 11.6 Å². The molecule has 0 amide bonds. The number of hydrogen-bond acceptors (Lipinski definition) is 4. The molecule has 0 bridgehead atoms. The molecule has 1 aromatic heterocycles. The van der Waals surface area contributed by atoms with E-state index in [1.807, 2.05) is 48.5 Å². The molecule has 3 aromatic rings. The van der Waals surface area contributed by atoms with E-state index in [1.165, 1.54) is 7.11 Å². The van der Waals surface area contributed by atoms with Crippen LogP contribution in [0.15, 0.2) is 54.6 Å². The number of ether oxygens (including phenoxy) is 2. The third-order valence-corrected chi connectivity index (χ3v) is 3.77. The molecule has 0 aliphatic rings. The number of esters is 1. The van der Waals surface area contributed by atoms with Gasteiger partial charge in [-0.15, -0.1) is 0 Å². The first kappa shape index (κ1) is 15.3. The summed E-state index contributed by atoms with van der Waals surface area (Å²) in [6, 6.07) is 16.9. The minimum absolute atomic E-state index is 0.0760. The predicted octanol–water partition coefficient (Wildman–Crippen LogP) is 4.25. The summed E-state index contributed by atoms with van der Waals surface area (Å²) in [4.78, 5) is 16.4. The van der Waals surface area contributed by atoms with Gasteiger partial charge in [0.25, 0.3) is 0 Å². The molecule has 0 aliphatic heterocycles. The molecule has 5 heteroatoms. The number of carbonyl (C=O) groups excluding carboxylic acids is 1. The Morgan fingerprint density at radius 1 is 1.09 bits per heavy atom. The van der Waals surface area contributed by atoms with Crippen LogP contribution in [0.4, 0.5) is 0 Å². The van der Waals surface area contributed by atoms with Crippen LogP contribution in [-0.4, -0.2) is 18.1 Å². The van der Waals surface area contributed by atoms with Crippen molar-refractivity contribution >= 4 is 28.5 Å². The van der Waals surface area contributed by atoms with E-state index < -0.39 is 5.97 Å². The third-order valence-electron chi connectivity index (χ3n) is 3.39. The average Bonchev–Trinajstić information content (AvgIpc) is 2.61. The number of methoxy groups -OCH3 is 1. The minimum Gasteiger partial charge on any atom is -0.485 e. The molecule has 0 atom stereocenters.